The first-order valence-corrected chi connectivity index (χ1v) is 13.8. The summed E-state index contributed by atoms with van der Waals surface area (Å²) in [6, 6.07) is 12.9. The molecule has 8 nitrogen and oxygen atoms in total. The molecule has 0 bridgehead atoms. The minimum atomic E-state index is -1.65. The van der Waals surface area contributed by atoms with Crippen LogP contribution in [0.4, 0.5) is 8.78 Å². The van der Waals surface area contributed by atoms with Crippen molar-refractivity contribution < 1.29 is 18.4 Å². The highest BCUT2D eigenvalue weighted by molar-refractivity contribution is 6.05. The SMILES string of the molecule is Cc1cc(CC(Cc2cc(C)nn2C)(C(=O)NCc2ccc3c(c2)C=CC3)C(=O)NCc2ccc(F)cc2F)n(C)n1. The highest BCUT2D eigenvalue weighted by Crippen LogP contribution is 2.31. The number of amides is 2. The number of aromatic nitrogens is 4. The zero-order valence-electron chi connectivity index (χ0n) is 24.2. The van der Waals surface area contributed by atoms with Gasteiger partial charge in [-0.3, -0.25) is 19.0 Å². The zero-order chi connectivity index (χ0) is 30.0. The van der Waals surface area contributed by atoms with E-state index in [2.05, 4.69) is 33.0 Å². The first-order chi connectivity index (χ1) is 20.0. The number of halogens is 2. The summed E-state index contributed by atoms with van der Waals surface area (Å²) in [5, 5.41) is 14.6. The lowest BCUT2D eigenvalue weighted by atomic mass is 9.76. The average molecular weight is 573 g/mol. The first-order valence-electron chi connectivity index (χ1n) is 13.8. The van der Waals surface area contributed by atoms with Crippen LogP contribution in [0.5, 0.6) is 0 Å². The first kappa shape index (κ1) is 28.9. The van der Waals surface area contributed by atoms with Crippen LogP contribution in [0.25, 0.3) is 6.08 Å². The van der Waals surface area contributed by atoms with Gasteiger partial charge in [-0.15, -0.1) is 0 Å². The Morgan fingerprint density at radius 1 is 0.857 bits per heavy atom. The van der Waals surface area contributed by atoms with E-state index in [9.17, 15) is 18.4 Å². The number of nitrogens with one attached hydrogen (secondary N) is 2. The van der Waals surface area contributed by atoms with Gasteiger partial charge < -0.3 is 10.6 Å². The fourth-order valence-corrected chi connectivity index (χ4v) is 5.53. The Labute approximate surface area is 243 Å². The molecule has 0 atom stereocenters. The largest absolute Gasteiger partial charge is 0.351 e. The summed E-state index contributed by atoms with van der Waals surface area (Å²) in [6.45, 7) is 3.69. The average Bonchev–Trinajstić information content (AvgIpc) is 3.63. The number of carbonyl (C=O) groups excluding carboxylic acids is 2. The lowest BCUT2D eigenvalue weighted by Gasteiger charge is -2.31. The molecule has 218 valence electrons. The summed E-state index contributed by atoms with van der Waals surface area (Å²) in [6.07, 6.45) is 5.10. The molecule has 2 N–H and O–H groups in total. The second-order valence-electron chi connectivity index (χ2n) is 11.0. The number of rotatable bonds is 10. The molecule has 4 aromatic rings. The zero-order valence-corrected chi connectivity index (χ0v) is 24.2. The molecule has 2 aromatic carbocycles. The molecule has 0 spiro atoms. The van der Waals surface area contributed by atoms with Crippen molar-refractivity contribution in [3.63, 3.8) is 0 Å². The van der Waals surface area contributed by atoms with E-state index in [4.69, 9.17) is 0 Å². The molecule has 42 heavy (non-hydrogen) atoms. The Morgan fingerprint density at radius 2 is 1.48 bits per heavy atom. The molecule has 2 heterocycles. The topological polar surface area (TPSA) is 93.8 Å². The van der Waals surface area contributed by atoms with Crippen molar-refractivity contribution in [2.45, 2.75) is 46.2 Å². The van der Waals surface area contributed by atoms with E-state index >= 15 is 0 Å². The number of aryl methyl sites for hydroxylation is 4. The van der Waals surface area contributed by atoms with Gasteiger partial charge in [-0.2, -0.15) is 10.2 Å². The molecular formula is C32H34F2N6O2. The van der Waals surface area contributed by atoms with Crippen molar-refractivity contribution in [3.8, 4) is 0 Å². The Kier molecular flexibility index (Phi) is 8.06. The van der Waals surface area contributed by atoms with Crippen LogP contribution in [0.15, 0.2) is 54.6 Å². The third-order valence-corrected chi connectivity index (χ3v) is 7.79. The highest BCUT2D eigenvalue weighted by Gasteiger charge is 2.47. The van der Waals surface area contributed by atoms with Gasteiger partial charge in [0.25, 0.3) is 0 Å². The van der Waals surface area contributed by atoms with Crippen LogP contribution in [-0.2, 0) is 56.0 Å². The number of fused-ring (bicyclic) bond motifs is 1. The molecule has 2 amide bonds. The molecule has 1 aliphatic carbocycles. The van der Waals surface area contributed by atoms with Gasteiger partial charge in [0.1, 0.15) is 17.0 Å². The number of carbonyl (C=O) groups is 2. The van der Waals surface area contributed by atoms with E-state index in [-0.39, 0.29) is 31.5 Å². The predicted octanol–water partition coefficient (Wildman–Crippen LogP) is 4.02. The van der Waals surface area contributed by atoms with E-state index < -0.39 is 28.9 Å². The van der Waals surface area contributed by atoms with Gasteiger partial charge >= 0.3 is 0 Å². The molecule has 10 heteroatoms. The second-order valence-corrected chi connectivity index (χ2v) is 11.0. The smallest absolute Gasteiger partial charge is 0.236 e. The van der Waals surface area contributed by atoms with E-state index in [0.29, 0.717) is 11.4 Å². The maximum Gasteiger partial charge on any atom is 0.236 e. The molecular weight excluding hydrogens is 538 g/mol. The molecule has 5 rings (SSSR count). The fraction of sp³-hybridized carbons (Fsp3) is 0.312. The van der Waals surface area contributed by atoms with Crippen LogP contribution in [0.3, 0.4) is 0 Å². The van der Waals surface area contributed by atoms with Crippen LogP contribution < -0.4 is 10.6 Å². The third-order valence-electron chi connectivity index (χ3n) is 7.79. The van der Waals surface area contributed by atoms with Crippen molar-refractivity contribution in [2.24, 2.45) is 19.5 Å². The standard InChI is InChI=1S/C32H34F2N6O2/c1-20-12-27(39(3)37-20)16-32(17-28-13-21(2)38-40(28)4,31(42)36-19-25-10-11-26(33)15-29(25)34)30(41)35-18-22-8-9-23-6-5-7-24(23)14-22/h5,7-15H,6,16-19H2,1-4H3,(H,35,41)(H,36,42). The van der Waals surface area contributed by atoms with E-state index in [1.165, 1.54) is 11.6 Å². The highest BCUT2D eigenvalue weighted by atomic mass is 19.1. The Morgan fingerprint density at radius 3 is 2.05 bits per heavy atom. The summed E-state index contributed by atoms with van der Waals surface area (Å²) in [7, 11) is 3.53. The molecule has 2 aromatic heterocycles. The number of hydrogen-bond donors (Lipinski definition) is 2. The summed E-state index contributed by atoms with van der Waals surface area (Å²) in [4.78, 5) is 28.5. The number of allylic oxidation sites excluding steroid dienone is 1. The van der Waals surface area contributed by atoms with Crippen molar-refractivity contribution in [2.75, 3.05) is 0 Å². The van der Waals surface area contributed by atoms with Crippen LogP contribution in [0.2, 0.25) is 0 Å². The summed E-state index contributed by atoms with van der Waals surface area (Å²) in [5.41, 5.74) is 4.58. The normalized spacial score (nSPS) is 12.4. The van der Waals surface area contributed by atoms with Crippen molar-refractivity contribution in [1.82, 2.24) is 30.2 Å². The lowest BCUT2D eigenvalue weighted by Crippen LogP contribution is -2.54. The minimum Gasteiger partial charge on any atom is -0.351 e. The predicted molar refractivity (Wildman–Crippen MR) is 155 cm³/mol. The summed E-state index contributed by atoms with van der Waals surface area (Å²) < 4.78 is 31.3. The lowest BCUT2D eigenvalue weighted by molar-refractivity contribution is -0.144. The van der Waals surface area contributed by atoms with Crippen LogP contribution in [0.1, 0.15) is 45.0 Å². The molecule has 0 fully saturated rings. The Bertz CT molecular complexity index is 1640. The summed E-state index contributed by atoms with van der Waals surface area (Å²) in [5.74, 6) is -2.55. The fourth-order valence-electron chi connectivity index (χ4n) is 5.53. The maximum atomic E-state index is 14.5. The quantitative estimate of drug-likeness (QED) is 0.281. The van der Waals surface area contributed by atoms with Crippen molar-refractivity contribution in [1.29, 1.82) is 0 Å². The second kappa shape index (κ2) is 11.7. The molecule has 0 saturated heterocycles. The van der Waals surface area contributed by atoms with Gasteiger partial charge in [0, 0.05) is 63.0 Å². The monoisotopic (exact) mass is 572 g/mol. The number of nitrogens with zero attached hydrogens (tertiary/aromatic N) is 4. The Hall–Kier alpha value is -4.60. The van der Waals surface area contributed by atoms with Crippen LogP contribution in [0, 0.1) is 30.9 Å². The van der Waals surface area contributed by atoms with Crippen LogP contribution >= 0.6 is 0 Å². The molecule has 1 aliphatic rings. The molecule has 0 aliphatic heterocycles. The van der Waals surface area contributed by atoms with E-state index in [0.717, 1.165) is 41.1 Å². The number of hydrogen-bond acceptors (Lipinski definition) is 4. The van der Waals surface area contributed by atoms with Gasteiger partial charge in [-0.05, 0) is 61.2 Å². The van der Waals surface area contributed by atoms with Crippen molar-refractivity contribution >= 4 is 17.9 Å². The van der Waals surface area contributed by atoms with Gasteiger partial charge in [-0.25, -0.2) is 8.78 Å². The third kappa shape index (κ3) is 6.02. The van der Waals surface area contributed by atoms with E-state index in [1.807, 2.05) is 44.2 Å². The van der Waals surface area contributed by atoms with Gasteiger partial charge in [-0.1, -0.05) is 30.4 Å². The minimum absolute atomic E-state index is 0.0328. The molecule has 0 radical (unpaired) electrons. The van der Waals surface area contributed by atoms with Gasteiger partial charge in [0.15, 0.2) is 0 Å². The molecule has 0 saturated carbocycles. The van der Waals surface area contributed by atoms with Crippen molar-refractivity contribution in [3.05, 3.63) is 111 Å². The molecule has 0 unspecified atom stereocenters. The number of benzene rings is 2. The Balaban J connectivity index is 1.51. The van der Waals surface area contributed by atoms with Crippen LogP contribution in [-0.4, -0.2) is 31.4 Å². The summed E-state index contributed by atoms with van der Waals surface area (Å²) >= 11 is 0. The van der Waals surface area contributed by atoms with Gasteiger partial charge in [0.2, 0.25) is 11.8 Å². The maximum absolute atomic E-state index is 14.5. The van der Waals surface area contributed by atoms with Gasteiger partial charge in [0.05, 0.1) is 11.4 Å². The van der Waals surface area contributed by atoms with E-state index in [1.54, 1.807) is 23.5 Å².